The minimum atomic E-state index is -3.31. The molecule has 2 saturated heterocycles. The SMILES string of the molecule is O=S(=O)(N1CCCC1)N1CCC(Oc2ccc(Br)cn2)C1. The van der Waals surface area contributed by atoms with Crippen LogP contribution in [-0.4, -0.2) is 54.3 Å². The number of halogens is 1. The largest absolute Gasteiger partial charge is 0.473 e. The number of ether oxygens (including phenoxy) is 1. The van der Waals surface area contributed by atoms with Gasteiger partial charge >= 0.3 is 0 Å². The number of rotatable bonds is 4. The molecule has 0 aliphatic carbocycles. The van der Waals surface area contributed by atoms with Crippen LogP contribution in [0.4, 0.5) is 0 Å². The Labute approximate surface area is 133 Å². The van der Waals surface area contributed by atoms with Crippen LogP contribution in [0, 0.1) is 0 Å². The third-order valence-electron chi connectivity index (χ3n) is 3.81. The Bertz CT molecular complexity index is 587. The van der Waals surface area contributed by atoms with Crippen molar-refractivity contribution in [2.24, 2.45) is 0 Å². The lowest BCUT2D eigenvalue weighted by atomic mass is 10.3. The molecule has 1 atom stereocenters. The molecule has 1 aromatic heterocycles. The lowest BCUT2D eigenvalue weighted by molar-refractivity contribution is 0.205. The van der Waals surface area contributed by atoms with Crippen LogP contribution < -0.4 is 4.74 Å². The lowest BCUT2D eigenvalue weighted by Crippen LogP contribution is -2.41. The zero-order valence-corrected chi connectivity index (χ0v) is 14.0. The predicted octanol–water partition coefficient (Wildman–Crippen LogP) is 1.64. The van der Waals surface area contributed by atoms with Gasteiger partial charge in [-0.05, 0) is 41.3 Å². The maximum Gasteiger partial charge on any atom is 0.282 e. The zero-order chi connectivity index (χ0) is 14.9. The molecule has 1 aromatic rings. The second-order valence-electron chi connectivity index (χ2n) is 5.32. The highest BCUT2D eigenvalue weighted by atomic mass is 79.9. The summed E-state index contributed by atoms with van der Waals surface area (Å²) in [6.45, 7) is 2.19. The van der Waals surface area contributed by atoms with Crippen molar-refractivity contribution in [1.29, 1.82) is 0 Å². The van der Waals surface area contributed by atoms with Gasteiger partial charge in [-0.1, -0.05) is 0 Å². The quantitative estimate of drug-likeness (QED) is 0.802. The van der Waals surface area contributed by atoms with Gasteiger partial charge in [-0.2, -0.15) is 17.0 Å². The van der Waals surface area contributed by atoms with Crippen molar-refractivity contribution in [3.05, 3.63) is 22.8 Å². The summed E-state index contributed by atoms with van der Waals surface area (Å²) in [6.07, 6.45) is 4.15. The van der Waals surface area contributed by atoms with E-state index in [-0.39, 0.29) is 6.10 Å². The molecule has 3 heterocycles. The van der Waals surface area contributed by atoms with E-state index < -0.39 is 10.2 Å². The standard InChI is InChI=1S/C13H18BrN3O3S/c14-11-3-4-13(15-9-11)20-12-5-8-17(10-12)21(18,19)16-6-1-2-7-16/h3-4,9,12H,1-2,5-8,10H2. The van der Waals surface area contributed by atoms with Gasteiger partial charge in [0, 0.05) is 36.4 Å². The van der Waals surface area contributed by atoms with E-state index in [1.165, 1.54) is 4.31 Å². The monoisotopic (exact) mass is 375 g/mol. The summed E-state index contributed by atoms with van der Waals surface area (Å²) < 4.78 is 34.7. The molecule has 0 saturated carbocycles. The molecule has 0 bridgehead atoms. The van der Waals surface area contributed by atoms with Crippen molar-refractivity contribution in [2.45, 2.75) is 25.4 Å². The topological polar surface area (TPSA) is 62.7 Å². The van der Waals surface area contributed by atoms with E-state index in [2.05, 4.69) is 20.9 Å². The molecule has 0 amide bonds. The molecule has 0 radical (unpaired) electrons. The van der Waals surface area contributed by atoms with Crippen molar-refractivity contribution in [2.75, 3.05) is 26.2 Å². The summed E-state index contributed by atoms with van der Waals surface area (Å²) in [5.74, 6) is 0.531. The summed E-state index contributed by atoms with van der Waals surface area (Å²) >= 11 is 3.32. The molecule has 2 fully saturated rings. The summed E-state index contributed by atoms with van der Waals surface area (Å²) in [5.41, 5.74) is 0. The van der Waals surface area contributed by atoms with Crippen LogP contribution >= 0.6 is 15.9 Å². The van der Waals surface area contributed by atoms with Crippen molar-refractivity contribution in [1.82, 2.24) is 13.6 Å². The number of pyridine rings is 1. The highest BCUT2D eigenvalue weighted by Crippen LogP contribution is 2.23. The van der Waals surface area contributed by atoms with Gasteiger partial charge in [0.2, 0.25) is 5.88 Å². The fourth-order valence-corrected chi connectivity index (χ4v) is 4.66. The second kappa shape index (κ2) is 6.20. The van der Waals surface area contributed by atoms with Crippen molar-refractivity contribution in [3.8, 4) is 5.88 Å². The fraction of sp³-hybridized carbons (Fsp3) is 0.615. The Kier molecular flexibility index (Phi) is 4.49. The van der Waals surface area contributed by atoms with Crippen LogP contribution in [0.1, 0.15) is 19.3 Å². The smallest absolute Gasteiger partial charge is 0.282 e. The van der Waals surface area contributed by atoms with Gasteiger partial charge in [-0.25, -0.2) is 4.98 Å². The maximum atomic E-state index is 12.5. The van der Waals surface area contributed by atoms with Crippen molar-refractivity contribution in [3.63, 3.8) is 0 Å². The Morgan fingerprint density at radius 1 is 1.19 bits per heavy atom. The molecule has 2 aliphatic heterocycles. The van der Waals surface area contributed by atoms with Crippen molar-refractivity contribution < 1.29 is 13.2 Å². The highest BCUT2D eigenvalue weighted by Gasteiger charge is 2.37. The molecule has 6 nitrogen and oxygen atoms in total. The average molecular weight is 376 g/mol. The summed E-state index contributed by atoms with van der Waals surface area (Å²) in [6, 6.07) is 3.64. The van der Waals surface area contributed by atoms with Gasteiger partial charge < -0.3 is 4.74 Å². The normalized spacial score (nSPS) is 24.5. The van der Waals surface area contributed by atoms with E-state index in [1.807, 2.05) is 6.07 Å². The Hall–Kier alpha value is -0.700. The van der Waals surface area contributed by atoms with Gasteiger partial charge in [0.05, 0.1) is 6.54 Å². The summed E-state index contributed by atoms with van der Waals surface area (Å²) in [5, 5.41) is 0. The number of aromatic nitrogens is 1. The van der Waals surface area contributed by atoms with Crippen LogP contribution in [-0.2, 0) is 10.2 Å². The van der Waals surface area contributed by atoms with Crippen LogP contribution in [0.25, 0.3) is 0 Å². The highest BCUT2D eigenvalue weighted by molar-refractivity contribution is 9.10. The summed E-state index contributed by atoms with van der Waals surface area (Å²) in [4.78, 5) is 4.16. The lowest BCUT2D eigenvalue weighted by Gasteiger charge is -2.23. The van der Waals surface area contributed by atoms with E-state index in [9.17, 15) is 8.42 Å². The first-order valence-electron chi connectivity index (χ1n) is 7.09. The van der Waals surface area contributed by atoms with Crippen LogP contribution in [0.3, 0.4) is 0 Å². The number of hydrogen-bond acceptors (Lipinski definition) is 4. The molecule has 0 spiro atoms. The average Bonchev–Trinajstić information content (AvgIpc) is 3.12. The fourth-order valence-electron chi connectivity index (χ4n) is 2.69. The molecule has 21 heavy (non-hydrogen) atoms. The minimum Gasteiger partial charge on any atom is -0.473 e. The minimum absolute atomic E-state index is 0.129. The molecular formula is C13H18BrN3O3S. The Morgan fingerprint density at radius 3 is 2.62 bits per heavy atom. The van der Waals surface area contributed by atoms with E-state index in [1.54, 1.807) is 16.6 Å². The van der Waals surface area contributed by atoms with Crippen LogP contribution in [0.2, 0.25) is 0 Å². The van der Waals surface area contributed by atoms with Crippen molar-refractivity contribution >= 4 is 26.1 Å². The van der Waals surface area contributed by atoms with Crippen LogP contribution in [0.15, 0.2) is 22.8 Å². The van der Waals surface area contributed by atoms with E-state index in [0.717, 1.165) is 17.3 Å². The maximum absolute atomic E-state index is 12.5. The third kappa shape index (κ3) is 3.39. The van der Waals surface area contributed by atoms with Gasteiger partial charge in [0.1, 0.15) is 6.10 Å². The van der Waals surface area contributed by atoms with E-state index >= 15 is 0 Å². The Balaban J connectivity index is 1.61. The first-order chi connectivity index (χ1) is 10.1. The van der Waals surface area contributed by atoms with Gasteiger partial charge in [-0.15, -0.1) is 0 Å². The molecule has 1 unspecified atom stereocenters. The molecule has 3 rings (SSSR count). The first kappa shape index (κ1) is 15.2. The van der Waals surface area contributed by atoms with E-state index in [4.69, 9.17) is 4.74 Å². The molecule has 0 N–H and O–H groups in total. The molecule has 8 heteroatoms. The summed E-state index contributed by atoms with van der Waals surface area (Å²) in [7, 11) is -3.31. The second-order valence-corrected chi connectivity index (χ2v) is 8.16. The molecule has 116 valence electrons. The molecule has 0 aromatic carbocycles. The molecule has 2 aliphatic rings. The van der Waals surface area contributed by atoms with E-state index in [0.29, 0.717) is 38.5 Å². The van der Waals surface area contributed by atoms with Gasteiger partial charge in [0.25, 0.3) is 10.2 Å². The molecular weight excluding hydrogens is 358 g/mol. The number of hydrogen-bond donors (Lipinski definition) is 0. The Morgan fingerprint density at radius 2 is 1.95 bits per heavy atom. The van der Waals surface area contributed by atoms with Crippen LogP contribution in [0.5, 0.6) is 5.88 Å². The number of nitrogens with zero attached hydrogens (tertiary/aromatic N) is 3. The predicted molar refractivity (Wildman–Crippen MR) is 82.3 cm³/mol. The third-order valence-corrected chi connectivity index (χ3v) is 6.28. The first-order valence-corrected chi connectivity index (χ1v) is 9.28. The van der Waals surface area contributed by atoms with Gasteiger partial charge in [-0.3, -0.25) is 0 Å². The van der Waals surface area contributed by atoms with Gasteiger partial charge in [0.15, 0.2) is 0 Å². The zero-order valence-electron chi connectivity index (χ0n) is 11.6.